The summed E-state index contributed by atoms with van der Waals surface area (Å²) < 4.78 is 13.9. The van der Waals surface area contributed by atoms with Gasteiger partial charge in [-0.05, 0) is 38.5 Å². The van der Waals surface area contributed by atoms with Crippen LogP contribution in [0.25, 0.3) is 11.3 Å². The van der Waals surface area contributed by atoms with E-state index in [0.29, 0.717) is 27.6 Å². The molecule has 2 aromatic rings. The van der Waals surface area contributed by atoms with Gasteiger partial charge < -0.3 is 11.1 Å². The van der Waals surface area contributed by atoms with E-state index < -0.39 is 5.41 Å². The second-order valence-corrected chi connectivity index (χ2v) is 6.65. The molecule has 0 unspecified atom stereocenters. The summed E-state index contributed by atoms with van der Waals surface area (Å²) in [5, 5.41) is 3.27. The molecule has 0 fully saturated rings. The topological polar surface area (TPSA) is 68.0 Å². The molecule has 0 atom stereocenters. The van der Waals surface area contributed by atoms with Crippen LogP contribution in [0, 0.1) is 12.7 Å². The minimum absolute atomic E-state index is 0.139. The Labute approximate surface area is 119 Å². The molecule has 0 saturated heterocycles. The van der Waals surface area contributed by atoms with Gasteiger partial charge in [-0.15, -0.1) is 11.3 Å². The zero-order valence-electron chi connectivity index (χ0n) is 11.4. The number of thiazole rings is 1. The minimum atomic E-state index is -0.748. The van der Waals surface area contributed by atoms with Crippen molar-refractivity contribution in [2.24, 2.45) is 0 Å². The first kappa shape index (κ1) is 13.1. The number of carbonyl (C=O) groups is 1. The Morgan fingerprint density at radius 2 is 2.10 bits per heavy atom. The van der Waals surface area contributed by atoms with Crippen LogP contribution in [-0.2, 0) is 10.2 Å². The fourth-order valence-electron chi connectivity index (χ4n) is 2.48. The molecule has 0 radical (unpaired) electrons. The van der Waals surface area contributed by atoms with Crippen LogP contribution in [0.2, 0.25) is 0 Å². The highest BCUT2D eigenvalue weighted by molar-refractivity contribution is 7.15. The lowest BCUT2D eigenvalue weighted by atomic mass is 9.85. The first-order valence-corrected chi connectivity index (χ1v) is 7.01. The predicted octanol–water partition coefficient (Wildman–Crippen LogP) is 3.07. The number of benzene rings is 1. The van der Waals surface area contributed by atoms with Crippen molar-refractivity contribution in [3.8, 4) is 11.3 Å². The van der Waals surface area contributed by atoms with E-state index in [1.165, 1.54) is 23.5 Å². The first-order chi connectivity index (χ1) is 9.30. The van der Waals surface area contributed by atoms with Gasteiger partial charge in [0.1, 0.15) is 5.82 Å². The van der Waals surface area contributed by atoms with E-state index in [2.05, 4.69) is 10.3 Å². The number of rotatable bonds is 1. The molecule has 1 aromatic heterocycles. The fourth-order valence-corrected chi connectivity index (χ4v) is 3.18. The van der Waals surface area contributed by atoms with Crippen LogP contribution in [0.5, 0.6) is 0 Å². The molecule has 104 valence electrons. The first-order valence-electron chi connectivity index (χ1n) is 6.19. The summed E-state index contributed by atoms with van der Waals surface area (Å²) in [5.74, 6) is -0.519. The third-order valence-electron chi connectivity index (χ3n) is 3.65. The van der Waals surface area contributed by atoms with Crippen molar-refractivity contribution in [1.29, 1.82) is 0 Å². The van der Waals surface area contributed by atoms with Gasteiger partial charge in [0, 0.05) is 10.4 Å². The van der Waals surface area contributed by atoms with E-state index in [-0.39, 0.29) is 11.7 Å². The summed E-state index contributed by atoms with van der Waals surface area (Å²) >= 11 is 1.35. The molecule has 1 aliphatic heterocycles. The number of nitrogens with one attached hydrogen (secondary N) is 1. The van der Waals surface area contributed by atoms with Gasteiger partial charge >= 0.3 is 0 Å². The van der Waals surface area contributed by atoms with Gasteiger partial charge in [-0.2, -0.15) is 0 Å². The SMILES string of the molecule is Cc1sc(N)nc1-c1cc(F)cc2c1NC(=O)C2(C)C. The number of hydrogen-bond acceptors (Lipinski definition) is 4. The van der Waals surface area contributed by atoms with Crippen LogP contribution in [0.15, 0.2) is 12.1 Å². The summed E-state index contributed by atoms with van der Waals surface area (Å²) in [7, 11) is 0. The second-order valence-electron chi connectivity index (χ2n) is 5.41. The molecule has 1 aromatic carbocycles. The lowest BCUT2D eigenvalue weighted by Gasteiger charge is -2.15. The van der Waals surface area contributed by atoms with Crippen molar-refractivity contribution in [1.82, 2.24) is 4.98 Å². The maximum atomic E-state index is 13.9. The number of fused-ring (bicyclic) bond motifs is 1. The zero-order valence-corrected chi connectivity index (χ0v) is 12.2. The lowest BCUT2D eigenvalue weighted by molar-refractivity contribution is -0.119. The number of nitrogen functional groups attached to an aromatic ring is 1. The van der Waals surface area contributed by atoms with E-state index in [1.807, 2.05) is 6.92 Å². The highest BCUT2D eigenvalue weighted by Crippen LogP contribution is 2.44. The van der Waals surface area contributed by atoms with Gasteiger partial charge in [0.2, 0.25) is 5.91 Å². The number of nitrogens with two attached hydrogens (primary N) is 1. The Hall–Kier alpha value is -1.95. The summed E-state index contributed by atoms with van der Waals surface area (Å²) in [4.78, 5) is 17.2. The molecule has 0 bridgehead atoms. The van der Waals surface area contributed by atoms with E-state index in [4.69, 9.17) is 5.73 Å². The quantitative estimate of drug-likeness (QED) is 0.848. The maximum absolute atomic E-state index is 13.9. The van der Waals surface area contributed by atoms with E-state index in [0.717, 1.165) is 4.88 Å². The van der Waals surface area contributed by atoms with Gasteiger partial charge in [0.25, 0.3) is 0 Å². The molecule has 0 aliphatic carbocycles. The van der Waals surface area contributed by atoms with Gasteiger partial charge in [-0.1, -0.05) is 0 Å². The van der Waals surface area contributed by atoms with Crippen LogP contribution in [0.4, 0.5) is 15.2 Å². The van der Waals surface area contributed by atoms with Crippen LogP contribution < -0.4 is 11.1 Å². The van der Waals surface area contributed by atoms with Crippen LogP contribution >= 0.6 is 11.3 Å². The van der Waals surface area contributed by atoms with Crippen LogP contribution in [0.1, 0.15) is 24.3 Å². The monoisotopic (exact) mass is 291 g/mol. The zero-order chi connectivity index (χ0) is 14.7. The number of amides is 1. The summed E-state index contributed by atoms with van der Waals surface area (Å²) in [6.07, 6.45) is 0. The summed E-state index contributed by atoms with van der Waals surface area (Å²) in [6, 6.07) is 2.80. The highest BCUT2D eigenvalue weighted by Gasteiger charge is 2.40. The third-order valence-corrected chi connectivity index (χ3v) is 4.45. The number of aryl methyl sites for hydroxylation is 1. The van der Waals surface area contributed by atoms with E-state index in [1.54, 1.807) is 13.8 Å². The van der Waals surface area contributed by atoms with Gasteiger partial charge in [-0.3, -0.25) is 4.79 Å². The molecule has 0 spiro atoms. The minimum Gasteiger partial charge on any atom is -0.375 e. The molecule has 0 saturated carbocycles. The number of hydrogen-bond donors (Lipinski definition) is 2. The smallest absolute Gasteiger partial charge is 0.234 e. The van der Waals surface area contributed by atoms with Crippen molar-refractivity contribution in [2.45, 2.75) is 26.2 Å². The van der Waals surface area contributed by atoms with E-state index in [9.17, 15) is 9.18 Å². The van der Waals surface area contributed by atoms with E-state index >= 15 is 0 Å². The summed E-state index contributed by atoms with van der Waals surface area (Å²) in [5.41, 5.74) is 7.46. The predicted molar refractivity (Wildman–Crippen MR) is 78.3 cm³/mol. The number of carbonyl (C=O) groups excluding carboxylic acids is 1. The van der Waals surface area contributed by atoms with Crippen molar-refractivity contribution in [3.05, 3.63) is 28.4 Å². The summed E-state index contributed by atoms with van der Waals surface area (Å²) in [6.45, 7) is 5.43. The lowest BCUT2D eigenvalue weighted by Crippen LogP contribution is -2.26. The van der Waals surface area contributed by atoms with Crippen molar-refractivity contribution in [2.75, 3.05) is 11.1 Å². The Bertz CT molecular complexity index is 736. The van der Waals surface area contributed by atoms with Gasteiger partial charge in [-0.25, -0.2) is 9.37 Å². The van der Waals surface area contributed by atoms with Crippen molar-refractivity contribution < 1.29 is 9.18 Å². The number of anilines is 2. The molecule has 3 rings (SSSR count). The molecule has 4 nitrogen and oxygen atoms in total. The molecular formula is C14H14FN3OS. The largest absolute Gasteiger partial charge is 0.375 e. The normalized spacial score (nSPS) is 16.1. The van der Waals surface area contributed by atoms with Crippen LogP contribution in [-0.4, -0.2) is 10.9 Å². The maximum Gasteiger partial charge on any atom is 0.234 e. The molecule has 2 heterocycles. The van der Waals surface area contributed by atoms with Gasteiger partial charge in [0.05, 0.1) is 16.8 Å². The average molecular weight is 291 g/mol. The van der Waals surface area contributed by atoms with Gasteiger partial charge in [0.15, 0.2) is 5.13 Å². The number of aromatic nitrogens is 1. The van der Waals surface area contributed by atoms with Crippen molar-refractivity contribution in [3.63, 3.8) is 0 Å². The Morgan fingerprint density at radius 1 is 1.40 bits per heavy atom. The molecular weight excluding hydrogens is 277 g/mol. The Balaban J connectivity index is 2.30. The molecule has 3 N–H and O–H groups in total. The number of halogens is 1. The van der Waals surface area contributed by atoms with Crippen LogP contribution in [0.3, 0.4) is 0 Å². The fraction of sp³-hybridized carbons (Fsp3) is 0.286. The average Bonchev–Trinajstić information content (AvgIpc) is 2.79. The number of nitrogens with zero attached hydrogens (tertiary/aromatic N) is 1. The Kier molecular flexibility index (Phi) is 2.62. The van der Waals surface area contributed by atoms with Crippen molar-refractivity contribution >= 4 is 28.1 Å². The molecule has 1 aliphatic rings. The third kappa shape index (κ3) is 1.71. The standard InChI is InChI=1S/C14H14FN3OS/c1-6-10(18-13(16)20-6)8-4-7(15)5-9-11(8)17-12(19)14(9,2)3/h4-5H,1-3H3,(H2,16,18)(H,17,19). The second kappa shape index (κ2) is 4.02. The Morgan fingerprint density at radius 3 is 2.70 bits per heavy atom. The molecule has 6 heteroatoms. The molecule has 1 amide bonds. The molecule has 20 heavy (non-hydrogen) atoms. The highest BCUT2D eigenvalue weighted by atomic mass is 32.1.